The summed E-state index contributed by atoms with van der Waals surface area (Å²) in [5.74, 6) is -6.14. The topological polar surface area (TPSA) is 681 Å². The van der Waals surface area contributed by atoms with Crippen LogP contribution in [0, 0.1) is 17.8 Å². The van der Waals surface area contributed by atoms with Crippen molar-refractivity contribution in [3.63, 3.8) is 0 Å². The first-order valence-corrected chi connectivity index (χ1v) is 45.7. The number of hydrogen-bond acceptors (Lipinski definition) is 40. The third-order valence-corrected chi connectivity index (χ3v) is 19.1. The number of cyclic esters (lactones) is 6. The third-order valence-electron chi connectivity index (χ3n) is 19.1. The molecule has 8 amide bonds. The Kier molecular flexibility index (Phi) is 53.0. The Morgan fingerprint density at radius 3 is 0.864 bits per heavy atom. The molecule has 15 atom stereocenters. The van der Waals surface area contributed by atoms with E-state index in [0.29, 0.717) is 39.0 Å². The number of methoxy groups -OCH3 is 3. The van der Waals surface area contributed by atoms with Crippen LogP contribution >= 0.6 is 24.0 Å². The van der Waals surface area contributed by atoms with E-state index in [1.807, 2.05) is 20.8 Å². The van der Waals surface area contributed by atoms with Crippen molar-refractivity contribution < 1.29 is 168 Å². The molecular weight excluding hydrogens is 1970 g/mol. The van der Waals surface area contributed by atoms with E-state index in [0.717, 1.165) is 85.0 Å². The number of halogens is 1. The molecule has 800 valence electrons. The molecule has 6 aliphatic heterocycles. The van der Waals surface area contributed by atoms with Crippen molar-refractivity contribution in [2.24, 2.45) is 55.7 Å². The number of alkyl carbamates (subject to hydrolysis) is 8. The molecule has 3 saturated heterocycles. The second-order valence-corrected chi connectivity index (χ2v) is 38.3. The molecule has 140 heavy (non-hydrogen) atoms. The minimum atomic E-state index is -1.41. The highest BCUT2D eigenvalue weighted by molar-refractivity contribution is 14.0. The van der Waals surface area contributed by atoms with Crippen LogP contribution in [0.1, 0.15) is 224 Å². The standard InChI is InChI=1S/C35H57N5O14.C23H35N3O11.C20H33N5O8.C11H24N2O2.HI.H2/c1-20-21(38-27(39-30(44)53-34(5,6)7)40-31(45)54-35(8,9)10)18-22(26(41)47-11)49-24(20)25(23-19-48-32(46)50-23)51-28(42)36-16-14-12-13-15-17-37-29(43)52-33(2,3)4;1-11-12(9-13(17(28)32-8)34-16(11)15(27)14-10-33-21(31)35-14)24-18(25-19(29)36-22(2,3)4)26-20(30)37-23(5,6)7;1-11-12(25-18(22)23)9-13(17(26)29-2)31-15(11)16(14-10-30-20(28)32-14)33-19(27)24-8-6-4-3-5-7-21;1-11(2,3)15-10(14)13-9-7-5-4-6-8-12;;/h18,20-21,23-25H,12-17,19H2,1-11H3,(H,36,42)(H,37,43)(H2,38,39,40,44,45);9,11-12,14-16,27H,10H2,1-8H3,(H2,24,25,26,29,30);9,11-12,14-16H,3-8,10,21H2,1-2H3,(H,24,27)(H4,22,23,25);4-9,12H2,1-3H3,(H,13,14);2*1H/t20-,21+,23-,24?,25-;11-,12+,14-,15-,16?;11-,12+,14-,15?,16-;;;/m111.../s1. The molecule has 3 fully saturated rings. The Labute approximate surface area is 834 Å². The van der Waals surface area contributed by atoms with Crippen LogP contribution in [0.15, 0.2) is 50.5 Å². The fourth-order valence-corrected chi connectivity index (χ4v) is 12.9. The monoisotopic (exact) mass is 2120 g/mol. The molecule has 3 unspecified atom stereocenters. The summed E-state index contributed by atoms with van der Waals surface area (Å²) in [7, 11) is 3.46. The van der Waals surface area contributed by atoms with Crippen molar-refractivity contribution in [2.45, 2.75) is 329 Å². The van der Waals surface area contributed by atoms with Crippen molar-refractivity contribution in [3.05, 3.63) is 35.5 Å². The molecule has 0 saturated carbocycles. The zero-order chi connectivity index (χ0) is 105. The summed E-state index contributed by atoms with van der Waals surface area (Å²) in [5, 5.41) is 31.1. The van der Waals surface area contributed by atoms with E-state index in [1.54, 1.807) is 125 Å². The van der Waals surface area contributed by atoms with Crippen molar-refractivity contribution >= 4 is 127 Å². The Morgan fingerprint density at radius 1 is 0.371 bits per heavy atom. The number of nitrogens with one attached hydrogen (secondary N) is 8. The first-order valence-electron chi connectivity index (χ1n) is 45.7. The number of amides is 8. The van der Waals surface area contributed by atoms with E-state index in [1.165, 1.54) is 25.3 Å². The quantitative estimate of drug-likeness (QED) is 0.00727. The lowest BCUT2D eigenvalue weighted by molar-refractivity contribution is -0.148. The number of guanidine groups is 3. The minimum Gasteiger partial charge on any atom is -0.480 e. The molecule has 6 heterocycles. The van der Waals surface area contributed by atoms with E-state index in [4.69, 9.17) is 118 Å². The highest BCUT2D eigenvalue weighted by atomic mass is 127. The van der Waals surface area contributed by atoms with Gasteiger partial charge in [-0.2, -0.15) is 0 Å². The van der Waals surface area contributed by atoms with Crippen molar-refractivity contribution in [2.75, 3.05) is 80.4 Å². The highest BCUT2D eigenvalue weighted by Crippen LogP contribution is 2.37. The van der Waals surface area contributed by atoms with E-state index >= 15 is 0 Å². The average Bonchev–Trinajstić information content (AvgIpc) is 1.79. The second kappa shape index (κ2) is 59.7. The summed E-state index contributed by atoms with van der Waals surface area (Å²) in [5.41, 5.74) is 17.4. The van der Waals surface area contributed by atoms with Crippen LogP contribution in [-0.2, 0) is 109 Å². The Hall–Kier alpha value is -11.8. The zero-order valence-electron chi connectivity index (χ0n) is 84.6. The van der Waals surface area contributed by atoms with Crippen LogP contribution < -0.4 is 65.5 Å². The number of aliphatic imine (C=N–C) groups is 3. The molecule has 0 radical (unpaired) electrons. The average molecular weight is 2120 g/mol. The summed E-state index contributed by atoms with van der Waals surface area (Å²) >= 11 is 0. The first-order chi connectivity index (χ1) is 64.7. The molecule has 0 bridgehead atoms. The fourth-order valence-electron chi connectivity index (χ4n) is 12.9. The SMILES string of the molecule is CC(C)(C)OC(=O)NCCCCCCN.COC(=O)C1=C[C@H](N=C(N)N)[C@@H](C)C([C@H](OC(=O)NCCCCCCN)[C@H]2COC(=O)O2)O1.COC(=O)C1=C[C@H](N=C(NC(=O)OC(C)(C)C)NC(=O)OC(C)(C)C)[C@@H](C)C([C@H](O)[C@H]2COC(=O)O2)O1.COC(=O)C1=C[C@H](N=C(NC(=O)OC(C)(C)C)NC(=O)OC(C)(C)C)[C@@H](C)C([C@H](OC(=O)NCCCCCCNC(=O)OC(C)(C)C)[C@H]2COC(=O)O2)O1.I.[HH]. The molecule has 0 aromatic carbocycles. The number of ether oxygens (including phenoxy) is 20. The van der Waals surface area contributed by atoms with Gasteiger partial charge in [0.15, 0.2) is 36.5 Å². The number of esters is 3. The predicted molar refractivity (Wildman–Crippen MR) is 513 cm³/mol. The molecule has 17 N–H and O–H groups in total. The summed E-state index contributed by atoms with van der Waals surface area (Å²) in [6.45, 7) is 38.2. The molecule has 50 nitrogen and oxygen atoms in total. The molecule has 0 aromatic heterocycles. The Balaban J connectivity index is 0.00000100. The number of nitrogens with two attached hydrogens (primary N) is 4. The number of carbonyl (C=O) groups is 14. The Morgan fingerprint density at radius 2 is 0.614 bits per heavy atom. The van der Waals surface area contributed by atoms with E-state index in [2.05, 4.69) is 57.5 Å². The van der Waals surface area contributed by atoms with Gasteiger partial charge in [-0.1, -0.05) is 59.3 Å². The van der Waals surface area contributed by atoms with Gasteiger partial charge in [-0.05, 0) is 194 Å². The van der Waals surface area contributed by atoms with Crippen LogP contribution in [0.2, 0.25) is 0 Å². The summed E-state index contributed by atoms with van der Waals surface area (Å²) in [6, 6.07) is -2.67. The largest absolute Gasteiger partial charge is 0.508 e. The minimum absolute atomic E-state index is 0. The molecule has 6 aliphatic rings. The highest BCUT2D eigenvalue weighted by Gasteiger charge is 2.52. The lowest BCUT2D eigenvalue weighted by Crippen LogP contribution is -2.53. The van der Waals surface area contributed by atoms with Gasteiger partial charge in [0, 0.05) is 45.4 Å². The number of carbonyl (C=O) groups excluding carboxylic acids is 14. The number of hydrogen-bond donors (Lipinski definition) is 13. The van der Waals surface area contributed by atoms with E-state index in [9.17, 15) is 72.2 Å². The smallest absolute Gasteiger partial charge is 0.480 e. The molecular formula is C89H152IN15O35. The van der Waals surface area contributed by atoms with Gasteiger partial charge < -0.3 is 144 Å². The van der Waals surface area contributed by atoms with Crippen LogP contribution in [0.25, 0.3) is 0 Å². The fraction of sp³-hybridized carbons (Fsp3) is 0.742. The summed E-state index contributed by atoms with van der Waals surface area (Å²) in [4.78, 5) is 184. The predicted octanol–water partition coefficient (Wildman–Crippen LogP) is 9.08. The van der Waals surface area contributed by atoms with Crippen LogP contribution in [0.3, 0.4) is 0 Å². The number of unbranched alkanes of at least 4 members (excludes halogenated alkanes) is 9. The summed E-state index contributed by atoms with van der Waals surface area (Å²) in [6.07, 6.45) is -4.60. The van der Waals surface area contributed by atoms with Crippen LogP contribution in [0.5, 0.6) is 0 Å². The maximum atomic E-state index is 13.1. The van der Waals surface area contributed by atoms with Gasteiger partial charge in [-0.25, -0.2) is 82.1 Å². The van der Waals surface area contributed by atoms with Crippen LogP contribution in [-0.4, -0.2) is 295 Å². The van der Waals surface area contributed by atoms with E-state index < -0.39 is 203 Å². The van der Waals surface area contributed by atoms with Gasteiger partial charge in [0.05, 0.1) is 39.5 Å². The lowest BCUT2D eigenvalue weighted by Gasteiger charge is -2.38. The van der Waals surface area contributed by atoms with Gasteiger partial charge in [-0.15, -0.1) is 24.0 Å². The van der Waals surface area contributed by atoms with Gasteiger partial charge in [0.25, 0.3) is 0 Å². The number of nitrogens with zero attached hydrogens (tertiary/aromatic N) is 3. The Bertz CT molecular complexity index is 4180. The van der Waals surface area contributed by atoms with Crippen molar-refractivity contribution in [1.29, 1.82) is 0 Å². The van der Waals surface area contributed by atoms with Gasteiger partial charge in [0.2, 0.25) is 29.2 Å². The lowest BCUT2D eigenvalue weighted by atomic mass is 9.87. The number of rotatable bonds is 33. The third kappa shape index (κ3) is 50.4. The van der Waals surface area contributed by atoms with Gasteiger partial charge in [0.1, 0.15) is 77.8 Å². The molecule has 51 heteroatoms. The molecule has 0 aromatic rings. The number of aliphatic hydroxyl groups excluding tert-OH is 1. The molecule has 0 spiro atoms. The second-order valence-electron chi connectivity index (χ2n) is 38.3. The normalized spacial score (nSPS) is 21.3. The van der Waals surface area contributed by atoms with Crippen molar-refractivity contribution in [1.82, 2.24) is 42.5 Å². The maximum Gasteiger partial charge on any atom is 0.508 e. The summed E-state index contributed by atoms with van der Waals surface area (Å²) < 4.78 is 105. The van der Waals surface area contributed by atoms with Gasteiger partial charge >= 0.3 is 85.1 Å². The van der Waals surface area contributed by atoms with E-state index in [-0.39, 0.29) is 93.0 Å². The maximum absolute atomic E-state index is 13.1. The van der Waals surface area contributed by atoms with Gasteiger partial charge in [-0.3, -0.25) is 21.3 Å². The van der Waals surface area contributed by atoms with Crippen molar-refractivity contribution in [3.8, 4) is 0 Å². The zero-order valence-corrected chi connectivity index (χ0v) is 87.0. The first kappa shape index (κ1) is 124. The number of aliphatic hydroxyl groups is 1. The molecule has 6 rings (SSSR count). The molecule has 0 aliphatic carbocycles. The van der Waals surface area contributed by atoms with Crippen LogP contribution in [0.4, 0.5) is 52.7 Å².